The Morgan fingerprint density at radius 1 is 1.17 bits per heavy atom. The summed E-state index contributed by atoms with van der Waals surface area (Å²) in [5.74, 6) is 0.609. The Hall–Kier alpha value is -3.36. The molecule has 0 spiro atoms. The Morgan fingerprint density at radius 3 is 2.67 bits per heavy atom. The van der Waals surface area contributed by atoms with Gasteiger partial charge in [0.05, 0.1) is 29.9 Å². The van der Waals surface area contributed by atoms with Crippen molar-refractivity contribution >= 4 is 34.5 Å². The molecule has 3 aromatic rings. The van der Waals surface area contributed by atoms with Gasteiger partial charge in [-0.15, -0.1) is 0 Å². The van der Waals surface area contributed by atoms with Gasteiger partial charge in [0.15, 0.2) is 0 Å². The highest BCUT2D eigenvalue weighted by Crippen LogP contribution is 2.31. The van der Waals surface area contributed by atoms with E-state index in [1.165, 1.54) is 0 Å². The number of pyridine rings is 1. The second kappa shape index (κ2) is 11.1. The predicted octanol–water partition coefficient (Wildman–Crippen LogP) is 4.72. The van der Waals surface area contributed by atoms with Gasteiger partial charge in [0.25, 0.3) is 5.91 Å². The summed E-state index contributed by atoms with van der Waals surface area (Å²) < 4.78 is 10.6. The number of halogens is 1. The van der Waals surface area contributed by atoms with Crippen LogP contribution in [0, 0.1) is 0 Å². The minimum Gasteiger partial charge on any atom is -0.496 e. The standard InChI is InChI=1S/C27H31ClN4O4/c1-4-11-36-27(34)32-10-9-31(16-17(32)2)26(33)19-5-7-21-22(28)14-23(30-24(21)13-19)18-6-8-25(35-3)20(12-18)15-29/h5-8,12-14,17H,4,9-11,15-16,29H2,1-3H3/t17-/m1/s1. The van der Waals surface area contributed by atoms with E-state index in [-0.39, 0.29) is 18.0 Å². The largest absolute Gasteiger partial charge is 0.496 e. The molecule has 1 aliphatic heterocycles. The number of nitrogens with zero attached hydrogens (tertiary/aromatic N) is 3. The summed E-state index contributed by atoms with van der Waals surface area (Å²) in [6.45, 7) is 5.90. The topological polar surface area (TPSA) is 98.0 Å². The maximum absolute atomic E-state index is 13.3. The van der Waals surface area contributed by atoms with Crippen LogP contribution in [0.4, 0.5) is 4.79 Å². The molecule has 190 valence electrons. The van der Waals surface area contributed by atoms with E-state index in [0.717, 1.165) is 22.9 Å². The predicted molar refractivity (Wildman–Crippen MR) is 140 cm³/mol. The number of methoxy groups -OCH3 is 1. The number of carbonyl (C=O) groups is 2. The summed E-state index contributed by atoms with van der Waals surface area (Å²) >= 11 is 6.59. The van der Waals surface area contributed by atoms with Crippen molar-refractivity contribution in [2.24, 2.45) is 5.73 Å². The lowest BCUT2D eigenvalue weighted by Gasteiger charge is -2.39. The second-order valence-electron chi connectivity index (χ2n) is 8.86. The number of aromatic nitrogens is 1. The third kappa shape index (κ3) is 5.24. The van der Waals surface area contributed by atoms with Gasteiger partial charge in [-0.3, -0.25) is 4.79 Å². The SMILES string of the molecule is CCCOC(=O)N1CCN(C(=O)c2ccc3c(Cl)cc(-c4ccc(OC)c(CN)c4)nc3c2)C[C@H]1C. The molecule has 1 atom stereocenters. The Balaban J connectivity index is 1.58. The average molecular weight is 511 g/mol. The zero-order chi connectivity index (χ0) is 25.8. The summed E-state index contributed by atoms with van der Waals surface area (Å²) in [7, 11) is 1.61. The smallest absolute Gasteiger partial charge is 0.410 e. The number of piperazine rings is 1. The lowest BCUT2D eigenvalue weighted by atomic mass is 10.0. The van der Waals surface area contributed by atoms with Crippen molar-refractivity contribution < 1.29 is 19.1 Å². The fraction of sp³-hybridized carbons (Fsp3) is 0.370. The molecule has 0 unspecified atom stereocenters. The summed E-state index contributed by atoms with van der Waals surface area (Å²) in [4.78, 5) is 33.9. The molecule has 9 heteroatoms. The molecule has 2 N–H and O–H groups in total. The highest BCUT2D eigenvalue weighted by atomic mass is 35.5. The molecule has 36 heavy (non-hydrogen) atoms. The van der Waals surface area contributed by atoms with Crippen LogP contribution in [-0.4, -0.2) is 66.2 Å². The molecule has 1 fully saturated rings. The van der Waals surface area contributed by atoms with Gasteiger partial charge >= 0.3 is 6.09 Å². The molecule has 0 aliphatic carbocycles. The number of hydrogen-bond donors (Lipinski definition) is 1. The van der Waals surface area contributed by atoms with Crippen molar-refractivity contribution in [1.29, 1.82) is 0 Å². The van der Waals surface area contributed by atoms with Crippen molar-refractivity contribution in [1.82, 2.24) is 14.8 Å². The van der Waals surface area contributed by atoms with E-state index in [1.807, 2.05) is 44.2 Å². The molecule has 2 aromatic carbocycles. The molecule has 1 aliphatic rings. The van der Waals surface area contributed by atoms with E-state index in [4.69, 9.17) is 31.8 Å². The van der Waals surface area contributed by atoms with Crippen LogP contribution in [0.15, 0.2) is 42.5 Å². The van der Waals surface area contributed by atoms with Gasteiger partial charge in [-0.25, -0.2) is 9.78 Å². The minimum absolute atomic E-state index is 0.108. The zero-order valence-electron chi connectivity index (χ0n) is 20.8. The molecule has 2 heterocycles. The number of nitrogens with two attached hydrogens (primary N) is 1. The van der Waals surface area contributed by atoms with Crippen molar-refractivity contribution in [3.8, 4) is 17.0 Å². The number of benzene rings is 2. The van der Waals surface area contributed by atoms with E-state index in [9.17, 15) is 9.59 Å². The Bertz CT molecular complexity index is 1280. The first-order valence-corrected chi connectivity index (χ1v) is 12.4. The highest BCUT2D eigenvalue weighted by molar-refractivity contribution is 6.35. The molecular formula is C27H31ClN4O4. The summed E-state index contributed by atoms with van der Waals surface area (Å²) in [6.07, 6.45) is 0.442. The van der Waals surface area contributed by atoms with Crippen molar-refractivity contribution in [3.63, 3.8) is 0 Å². The summed E-state index contributed by atoms with van der Waals surface area (Å²) in [5, 5.41) is 1.31. The molecule has 0 saturated carbocycles. The first kappa shape index (κ1) is 25.7. The van der Waals surface area contributed by atoms with Crippen LogP contribution in [-0.2, 0) is 11.3 Å². The van der Waals surface area contributed by atoms with E-state index < -0.39 is 0 Å². The molecule has 0 bridgehead atoms. The molecular weight excluding hydrogens is 480 g/mol. The first-order valence-electron chi connectivity index (χ1n) is 12.1. The maximum atomic E-state index is 13.3. The van der Waals surface area contributed by atoms with Crippen molar-refractivity contribution in [2.75, 3.05) is 33.4 Å². The van der Waals surface area contributed by atoms with Gasteiger partial charge in [0.2, 0.25) is 0 Å². The number of amides is 2. The van der Waals surface area contributed by atoms with E-state index in [1.54, 1.807) is 29.0 Å². The monoisotopic (exact) mass is 510 g/mol. The van der Waals surface area contributed by atoms with Gasteiger partial charge < -0.3 is 25.0 Å². The number of rotatable bonds is 6. The lowest BCUT2D eigenvalue weighted by molar-refractivity contribution is 0.0412. The number of hydrogen-bond acceptors (Lipinski definition) is 6. The van der Waals surface area contributed by atoms with Crippen molar-refractivity contribution in [2.45, 2.75) is 32.9 Å². The highest BCUT2D eigenvalue weighted by Gasteiger charge is 2.31. The first-order chi connectivity index (χ1) is 17.4. The minimum atomic E-state index is -0.329. The number of fused-ring (bicyclic) bond motifs is 1. The van der Waals surface area contributed by atoms with Crippen LogP contribution < -0.4 is 10.5 Å². The maximum Gasteiger partial charge on any atom is 0.410 e. The molecule has 8 nitrogen and oxygen atoms in total. The van der Waals surface area contributed by atoms with Gasteiger partial charge in [0.1, 0.15) is 5.75 Å². The van der Waals surface area contributed by atoms with Gasteiger partial charge in [0, 0.05) is 54.3 Å². The molecule has 0 radical (unpaired) electrons. The van der Waals surface area contributed by atoms with Crippen LogP contribution in [0.2, 0.25) is 5.02 Å². The van der Waals surface area contributed by atoms with Crippen LogP contribution >= 0.6 is 11.6 Å². The molecule has 1 saturated heterocycles. The third-order valence-electron chi connectivity index (χ3n) is 6.38. The van der Waals surface area contributed by atoms with Crippen LogP contribution in [0.3, 0.4) is 0 Å². The Morgan fingerprint density at radius 2 is 1.97 bits per heavy atom. The second-order valence-corrected chi connectivity index (χ2v) is 9.27. The lowest BCUT2D eigenvalue weighted by Crippen LogP contribution is -2.55. The summed E-state index contributed by atoms with van der Waals surface area (Å²) in [6, 6.07) is 12.7. The average Bonchev–Trinajstić information content (AvgIpc) is 2.90. The van der Waals surface area contributed by atoms with Gasteiger partial charge in [-0.2, -0.15) is 0 Å². The molecule has 4 rings (SSSR count). The van der Waals surface area contributed by atoms with Crippen LogP contribution in [0.25, 0.3) is 22.2 Å². The van der Waals surface area contributed by atoms with Gasteiger partial charge in [-0.05, 0) is 49.7 Å². The third-order valence-corrected chi connectivity index (χ3v) is 6.69. The van der Waals surface area contributed by atoms with E-state index >= 15 is 0 Å². The van der Waals surface area contributed by atoms with Crippen LogP contribution in [0.1, 0.15) is 36.2 Å². The Labute approximate surface area is 215 Å². The molecule has 2 amide bonds. The number of carbonyl (C=O) groups excluding carboxylic acids is 2. The summed E-state index contributed by atoms with van der Waals surface area (Å²) in [5.41, 5.74) is 9.43. The quantitative estimate of drug-likeness (QED) is 0.515. The fourth-order valence-electron chi connectivity index (χ4n) is 4.43. The van der Waals surface area contributed by atoms with Gasteiger partial charge in [-0.1, -0.05) is 24.6 Å². The van der Waals surface area contributed by atoms with Crippen molar-refractivity contribution in [3.05, 3.63) is 58.6 Å². The fourth-order valence-corrected chi connectivity index (χ4v) is 4.70. The number of ether oxygens (including phenoxy) is 2. The van der Waals surface area contributed by atoms with E-state index in [2.05, 4.69) is 0 Å². The Kier molecular flexibility index (Phi) is 7.96. The zero-order valence-corrected chi connectivity index (χ0v) is 21.5. The van der Waals surface area contributed by atoms with Crippen LogP contribution in [0.5, 0.6) is 5.75 Å². The normalized spacial score (nSPS) is 15.8. The van der Waals surface area contributed by atoms with E-state index in [0.29, 0.717) is 60.3 Å². The molecule has 1 aromatic heterocycles.